The third-order valence-corrected chi connectivity index (χ3v) is 11.7. The molecule has 1 saturated heterocycles. The molecule has 2 aromatic heterocycles. The zero-order chi connectivity index (χ0) is 27.9. The number of carbonyl (C=O) groups excluding carboxylic acids is 2. The fourth-order valence-electron chi connectivity index (χ4n) is 4.81. The second kappa shape index (κ2) is 11.1. The van der Waals surface area contributed by atoms with Crippen LogP contribution < -0.4 is 5.32 Å². The van der Waals surface area contributed by atoms with Gasteiger partial charge in [-0.2, -0.15) is 9.57 Å². The van der Waals surface area contributed by atoms with Crippen LogP contribution in [0.1, 0.15) is 33.7 Å². The number of thiophene rings is 1. The molecule has 2 amide bonds. The van der Waals surface area contributed by atoms with Crippen LogP contribution in [0.4, 0.5) is 0 Å². The number of carbonyl (C=O) groups is 2. The number of nitriles is 1. The Labute approximate surface area is 239 Å². The summed E-state index contributed by atoms with van der Waals surface area (Å²) < 4.78 is 29.6. The molecule has 39 heavy (non-hydrogen) atoms. The second-order valence-corrected chi connectivity index (χ2v) is 14.5. The summed E-state index contributed by atoms with van der Waals surface area (Å²) in [6.45, 7) is 2.77. The summed E-state index contributed by atoms with van der Waals surface area (Å²) in [5.41, 5.74) is 0.905. The van der Waals surface area contributed by atoms with Gasteiger partial charge in [-0.1, -0.05) is 11.6 Å². The van der Waals surface area contributed by atoms with Gasteiger partial charge < -0.3 is 15.1 Å². The number of sulfonamides is 1. The van der Waals surface area contributed by atoms with E-state index in [4.69, 9.17) is 16.9 Å². The number of rotatable bonds is 6. The van der Waals surface area contributed by atoms with Crippen LogP contribution in [0.15, 0.2) is 28.5 Å². The molecule has 0 spiro atoms. The molecule has 2 unspecified atom stereocenters. The summed E-state index contributed by atoms with van der Waals surface area (Å²) in [6.07, 6.45) is 0.619. The summed E-state index contributed by atoms with van der Waals surface area (Å²) in [7, 11) is -2.37. The van der Waals surface area contributed by atoms with Crippen molar-refractivity contribution in [2.24, 2.45) is 0 Å². The van der Waals surface area contributed by atoms with E-state index < -0.39 is 16.1 Å². The third-order valence-electron chi connectivity index (χ3n) is 6.97. The van der Waals surface area contributed by atoms with Crippen molar-refractivity contribution in [1.82, 2.24) is 24.4 Å². The van der Waals surface area contributed by atoms with Crippen molar-refractivity contribution in [3.63, 3.8) is 0 Å². The van der Waals surface area contributed by atoms with Crippen LogP contribution in [0.25, 0.3) is 10.1 Å². The van der Waals surface area contributed by atoms with Gasteiger partial charge in [0.25, 0.3) is 15.9 Å². The molecule has 2 aliphatic heterocycles. The van der Waals surface area contributed by atoms with E-state index in [1.54, 1.807) is 29.2 Å². The van der Waals surface area contributed by atoms with Gasteiger partial charge in [-0.05, 0) is 36.6 Å². The molecule has 3 aromatic rings. The number of fused-ring (bicyclic) bond motifs is 2. The Kier molecular flexibility index (Phi) is 7.96. The molecule has 0 saturated carbocycles. The number of thiazole rings is 1. The monoisotopic (exact) mass is 606 g/mol. The van der Waals surface area contributed by atoms with Gasteiger partial charge in [0.2, 0.25) is 5.91 Å². The molecule has 14 heteroatoms. The van der Waals surface area contributed by atoms with Crippen molar-refractivity contribution in [3.05, 3.63) is 44.9 Å². The van der Waals surface area contributed by atoms with Crippen molar-refractivity contribution in [2.75, 3.05) is 33.2 Å². The molecule has 0 aliphatic carbocycles. The highest BCUT2D eigenvalue weighted by atomic mass is 35.5. The van der Waals surface area contributed by atoms with Crippen LogP contribution in [0.2, 0.25) is 5.02 Å². The Balaban J connectivity index is 1.42. The Morgan fingerprint density at radius 1 is 1.28 bits per heavy atom. The van der Waals surface area contributed by atoms with Gasteiger partial charge in [-0.25, -0.2) is 13.4 Å². The maximum absolute atomic E-state index is 13.7. The number of hydrogen-bond acceptors (Lipinski definition) is 9. The lowest BCUT2D eigenvalue weighted by atomic mass is 10.1. The topological polar surface area (TPSA) is 127 Å². The smallest absolute Gasteiger partial charge is 0.283 e. The van der Waals surface area contributed by atoms with E-state index in [0.29, 0.717) is 16.6 Å². The molecule has 10 nitrogen and oxygen atoms in total. The number of nitrogens with zero attached hydrogens (tertiary/aromatic N) is 5. The molecule has 0 bridgehead atoms. The van der Waals surface area contributed by atoms with Crippen molar-refractivity contribution < 1.29 is 18.0 Å². The number of nitrogens with one attached hydrogen (secondary N) is 1. The Bertz CT molecular complexity index is 1580. The van der Waals surface area contributed by atoms with Crippen molar-refractivity contribution in [1.29, 1.82) is 5.26 Å². The minimum absolute atomic E-state index is 0.0428. The Morgan fingerprint density at radius 3 is 2.85 bits per heavy atom. The average Bonchev–Trinajstić information content (AvgIpc) is 3.52. The van der Waals surface area contributed by atoms with Crippen LogP contribution in [-0.2, 0) is 27.8 Å². The van der Waals surface area contributed by atoms with Crippen molar-refractivity contribution in [2.45, 2.75) is 42.6 Å². The second-order valence-electron chi connectivity index (χ2n) is 9.75. The lowest BCUT2D eigenvalue weighted by Gasteiger charge is -2.40. The summed E-state index contributed by atoms with van der Waals surface area (Å²) in [6, 6.07) is 8.33. The highest BCUT2D eigenvalue weighted by Gasteiger charge is 2.39. The molecule has 2 aliphatic rings. The molecule has 5 rings (SSSR count). The van der Waals surface area contributed by atoms with Crippen LogP contribution in [0.5, 0.6) is 0 Å². The minimum atomic E-state index is -3.89. The van der Waals surface area contributed by atoms with E-state index in [1.165, 1.54) is 27.6 Å². The third kappa shape index (κ3) is 5.68. The van der Waals surface area contributed by atoms with Crippen LogP contribution >= 0.6 is 34.3 Å². The van der Waals surface area contributed by atoms with E-state index in [2.05, 4.69) is 17.2 Å². The van der Waals surface area contributed by atoms with Gasteiger partial charge in [0.15, 0.2) is 5.01 Å². The summed E-state index contributed by atoms with van der Waals surface area (Å²) >= 11 is 8.58. The van der Waals surface area contributed by atoms with Gasteiger partial charge >= 0.3 is 0 Å². The molecular weight excluding hydrogens is 580 g/mol. The van der Waals surface area contributed by atoms with E-state index in [-0.39, 0.29) is 54.7 Å². The molecule has 1 aromatic carbocycles. The lowest BCUT2D eigenvalue weighted by molar-refractivity contribution is -0.130. The first-order valence-corrected chi connectivity index (χ1v) is 15.8. The molecule has 4 heterocycles. The molecule has 0 radical (unpaired) electrons. The van der Waals surface area contributed by atoms with Crippen LogP contribution in [0, 0.1) is 11.3 Å². The largest absolute Gasteiger partial charge is 0.332 e. The number of hydrogen-bond donors (Lipinski definition) is 1. The van der Waals surface area contributed by atoms with Gasteiger partial charge in [0.1, 0.15) is 10.8 Å². The summed E-state index contributed by atoms with van der Waals surface area (Å²) in [5.74, 6) is -0.650. The predicted molar refractivity (Wildman–Crippen MR) is 150 cm³/mol. The van der Waals surface area contributed by atoms with E-state index in [0.717, 1.165) is 38.4 Å². The highest BCUT2D eigenvalue weighted by molar-refractivity contribution is 7.91. The minimum Gasteiger partial charge on any atom is -0.332 e. The summed E-state index contributed by atoms with van der Waals surface area (Å²) in [5, 5.41) is 14.0. The maximum atomic E-state index is 13.7. The average molecular weight is 607 g/mol. The van der Waals surface area contributed by atoms with Gasteiger partial charge in [0, 0.05) is 66.7 Å². The SMILES string of the molecule is CC1Cc2nc(C(=O)N3CCN(S(=O)(=O)c4cc5cc(Cl)ccc5s4)CC3CC(=O)N(C)CC#N)sc2CN1. The van der Waals surface area contributed by atoms with Crippen molar-refractivity contribution >= 4 is 66.2 Å². The van der Waals surface area contributed by atoms with Gasteiger partial charge in [-0.15, -0.1) is 22.7 Å². The van der Waals surface area contributed by atoms with Gasteiger partial charge in [-0.3, -0.25) is 9.59 Å². The lowest BCUT2D eigenvalue weighted by Crippen LogP contribution is -2.57. The number of amides is 2. The maximum Gasteiger partial charge on any atom is 0.283 e. The normalized spacial score (nSPS) is 20.0. The zero-order valence-corrected chi connectivity index (χ0v) is 24.6. The van der Waals surface area contributed by atoms with Crippen molar-refractivity contribution in [3.8, 4) is 6.07 Å². The molecule has 2 atom stereocenters. The van der Waals surface area contributed by atoms with E-state index in [9.17, 15) is 18.0 Å². The van der Waals surface area contributed by atoms with Gasteiger partial charge in [0.05, 0.1) is 17.8 Å². The molecule has 1 fully saturated rings. The number of halogens is 1. The number of aromatic nitrogens is 1. The first-order valence-electron chi connectivity index (χ1n) is 12.4. The molecular formula is C25H27ClN6O4S3. The van der Waals surface area contributed by atoms with Crippen LogP contribution in [-0.4, -0.2) is 84.6 Å². The fourth-order valence-corrected chi connectivity index (χ4v) is 8.99. The highest BCUT2D eigenvalue weighted by Crippen LogP contribution is 2.34. The summed E-state index contributed by atoms with van der Waals surface area (Å²) in [4.78, 5) is 35.0. The Hall–Kier alpha value is -2.60. The quantitative estimate of drug-likeness (QED) is 0.428. The van der Waals surface area contributed by atoms with Crippen LogP contribution in [0.3, 0.4) is 0 Å². The predicted octanol–water partition coefficient (Wildman–Crippen LogP) is 2.93. The van der Waals surface area contributed by atoms with E-state index >= 15 is 0 Å². The first kappa shape index (κ1) is 27.9. The molecule has 1 N–H and O–H groups in total. The first-order chi connectivity index (χ1) is 18.6. The standard InChI is InChI=1S/C25H27ClN6O4S3/c1-15-9-19-21(13-28-15)38-24(29-19)25(34)32-8-7-31(14-18(32)12-22(33)30(2)6-5-27)39(35,36)23-11-16-10-17(26)3-4-20(16)37-23/h3-4,10-11,15,18,28H,6-9,12-14H2,1-2H3. The zero-order valence-electron chi connectivity index (χ0n) is 21.4. The van der Waals surface area contributed by atoms with E-state index in [1.807, 2.05) is 6.07 Å². The number of benzene rings is 1. The number of piperazine rings is 1. The fraction of sp³-hybridized carbons (Fsp3) is 0.440. The molecule has 206 valence electrons. The Morgan fingerprint density at radius 2 is 2.08 bits per heavy atom.